The SMILES string of the molecule is COc1cc(N)c(N2CCCNC(=O)C2)cc1OC. The number of nitrogens with zero attached hydrogens (tertiary/aromatic N) is 1. The van der Waals surface area contributed by atoms with Gasteiger partial charge in [-0.3, -0.25) is 4.79 Å². The second-order valence-corrected chi connectivity index (χ2v) is 4.39. The Morgan fingerprint density at radius 3 is 2.63 bits per heavy atom. The molecule has 1 saturated heterocycles. The van der Waals surface area contributed by atoms with Crippen molar-refractivity contribution in [2.45, 2.75) is 6.42 Å². The van der Waals surface area contributed by atoms with E-state index in [-0.39, 0.29) is 5.91 Å². The summed E-state index contributed by atoms with van der Waals surface area (Å²) in [4.78, 5) is 13.6. The molecule has 0 radical (unpaired) electrons. The van der Waals surface area contributed by atoms with E-state index >= 15 is 0 Å². The van der Waals surface area contributed by atoms with Crippen LogP contribution < -0.4 is 25.4 Å². The van der Waals surface area contributed by atoms with Gasteiger partial charge in [0.15, 0.2) is 11.5 Å². The van der Waals surface area contributed by atoms with Crippen molar-refractivity contribution in [3.05, 3.63) is 12.1 Å². The quantitative estimate of drug-likeness (QED) is 0.783. The van der Waals surface area contributed by atoms with Gasteiger partial charge >= 0.3 is 0 Å². The smallest absolute Gasteiger partial charge is 0.239 e. The molecule has 1 heterocycles. The van der Waals surface area contributed by atoms with Crippen LogP contribution in [-0.2, 0) is 4.79 Å². The minimum absolute atomic E-state index is 0.00619. The Morgan fingerprint density at radius 2 is 1.95 bits per heavy atom. The summed E-state index contributed by atoms with van der Waals surface area (Å²) in [7, 11) is 3.14. The monoisotopic (exact) mass is 265 g/mol. The first-order valence-electron chi connectivity index (χ1n) is 6.19. The fourth-order valence-electron chi connectivity index (χ4n) is 2.17. The molecule has 6 nitrogen and oxygen atoms in total. The number of hydrogen-bond acceptors (Lipinski definition) is 5. The van der Waals surface area contributed by atoms with E-state index in [1.54, 1.807) is 20.3 Å². The van der Waals surface area contributed by atoms with Gasteiger partial charge in [-0.15, -0.1) is 0 Å². The zero-order valence-corrected chi connectivity index (χ0v) is 11.2. The second-order valence-electron chi connectivity index (χ2n) is 4.39. The lowest BCUT2D eigenvalue weighted by molar-refractivity contribution is -0.119. The van der Waals surface area contributed by atoms with E-state index in [0.717, 1.165) is 18.7 Å². The van der Waals surface area contributed by atoms with Crippen molar-refractivity contribution in [1.29, 1.82) is 0 Å². The predicted molar refractivity (Wildman–Crippen MR) is 73.8 cm³/mol. The van der Waals surface area contributed by atoms with Crippen LogP contribution in [0.5, 0.6) is 11.5 Å². The van der Waals surface area contributed by atoms with Crippen LogP contribution in [0.15, 0.2) is 12.1 Å². The van der Waals surface area contributed by atoms with Crippen LogP contribution in [0.4, 0.5) is 11.4 Å². The molecule has 0 bridgehead atoms. The van der Waals surface area contributed by atoms with Gasteiger partial charge in [-0.1, -0.05) is 0 Å². The molecule has 0 atom stereocenters. The van der Waals surface area contributed by atoms with Crippen LogP contribution in [-0.4, -0.2) is 39.8 Å². The lowest BCUT2D eigenvalue weighted by atomic mass is 10.2. The number of ether oxygens (including phenoxy) is 2. The molecule has 1 amide bonds. The Labute approximate surface area is 112 Å². The fourth-order valence-corrected chi connectivity index (χ4v) is 2.17. The van der Waals surface area contributed by atoms with Gasteiger partial charge in [0, 0.05) is 25.2 Å². The van der Waals surface area contributed by atoms with Gasteiger partial charge in [0.25, 0.3) is 0 Å². The van der Waals surface area contributed by atoms with Crippen molar-refractivity contribution in [3.63, 3.8) is 0 Å². The molecule has 3 N–H and O–H groups in total. The van der Waals surface area contributed by atoms with Crippen molar-refractivity contribution in [2.75, 3.05) is 44.5 Å². The largest absolute Gasteiger partial charge is 0.493 e. The van der Waals surface area contributed by atoms with Gasteiger partial charge in [0.1, 0.15) is 0 Å². The topological polar surface area (TPSA) is 76.8 Å². The standard InChI is InChI=1S/C13H19N3O3/c1-18-11-6-9(14)10(7-12(11)19-2)16-5-3-4-15-13(17)8-16/h6-7H,3-5,8,14H2,1-2H3,(H,15,17). The van der Waals surface area contributed by atoms with Crippen molar-refractivity contribution in [1.82, 2.24) is 5.32 Å². The number of nitrogens with two attached hydrogens (primary N) is 1. The lowest BCUT2D eigenvalue weighted by Crippen LogP contribution is -2.33. The van der Waals surface area contributed by atoms with Crippen molar-refractivity contribution < 1.29 is 14.3 Å². The van der Waals surface area contributed by atoms with Crippen molar-refractivity contribution in [2.24, 2.45) is 0 Å². The fraction of sp³-hybridized carbons (Fsp3) is 0.462. The normalized spacial score (nSPS) is 15.7. The third kappa shape index (κ3) is 2.83. The van der Waals surface area contributed by atoms with Gasteiger partial charge < -0.3 is 25.4 Å². The van der Waals surface area contributed by atoms with E-state index in [2.05, 4.69) is 5.32 Å². The Bertz CT molecular complexity index is 476. The third-order valence-electron chi connectivity index (χ3n) is 3.13. The highest BCUT2D eigenvalue weighted by Gasteiger charge is 2.19. The number of amides is 1. The van der Waals surface area contributed by atoms with Gasteiger partial charge in [-0.05, 0) is 6.42 Å². The molecule has 1 aliphatic heterocycles. The predicted octanol–water partition coefficient (Wildman–Crippen LogP) is 0.612. The Hall–Kier alpha value is -2.11. The molecule has 1 aromatic rings. The highest BCUT2D eigenvalue weighted by Crippen LogP contribution is 2.36. The molecule has 0 saturated carbocycles. The first-order valence-corrected chi connectivity index (χ1v) is 6.19. The number of hydrogen-bond donors (Lipinski definition) is 2. The first-order chi connectivity index (χ1) is 9.15. The maximum Gasteiger partial charge on any atom is 0.239 e. The van der Waals surface area contributed by atoms with E-state index in [0.29, 0.717) is 30.3 Å². The number of nitrogens with one attached hydrogen (secondary N) is 1. The number of carbonyl (C=O) groups excluding carboxylic acids is 1. The second kappa shape index (κ2) is 5.69. The van der Waals surface area contributed by atoms with Crippen LogP contribution in [0.25, 0.3) is 0 Å². The van der Waals surface area contributed by atoms with E-state index in [1.807, 2.05) is 11.0 Å². The lowest BCUT2D eigenvalue weighted by Gasteiger charge is -2.24. The van der Waals surface area contributed by atoms with Crippen LogP contribution in [0.1, 0.15) is 6.42 Å². The van der Waals surface area contributed by atoms with E-state index in [4.69, 9.17) is 15.2 Å². The summed E-state index contributed by atoms with van der Waals surface area (Å²) in [6, 6.07) is 3.53. The van der Waals surface area contributed by atoms with Crippen LogP contribution >= 0.6 is 0 Å². The molecule has 104 valence electrons. The van der Waals surface area contributed by atoms with E-state index in [9.17, 15) is 4.79 Å². The molecule has 1 aromatic carbocycles. The Balaban J connectivity index is 2.35. The molecule has 6 heteroatoms. The number of methoxy groups -OCH3 is 2. The summed E-state index contributed by atoms with van der Waals surface area (Å²) in [5, 5.41) is 2.84. The van der Waals surface area contributed by atoms with Gasteiger partial charge in [-0.25, -0.2) is 0 Å². The van der Waals surface area contributed by atoms with Crippen LogP contribution in [0.2, 0.25) is 0 Å². The number of benzene rings is 1. The van der Waals surface area contributed by atoms with Crippen molar-refractivity contribution >= 4 is 17.3 Å². The number of rotatable bonds is 3. The van der Waals surface area contributed by atoms with E-state index < -0.39 is 0 Å². The molecule has 0 aliphatic carbocycles. The maximum atomic E-state index is 11.6. The maximum absolute atomic E-state index is 11.6. The highest BCUT2D eigenvalue weighted by molar-refractivity contribution is 5.84. The van der Waals surface area contributed by atoms with Gasteiger partial charge in [0.05, 0.1) is 32.1 Å². The minimum atomic E-state index is 0.00619. The molecule has 1 fully saturated rings. The van der Waals surface area contributed by atoms with Gasteiger partial charge in [0.2, 0.25) is 5.91 Å². The Kier molecular flexibility index (Phi) is 3.99. The molecular weight excluding hydrogens is 246 g/mol. The van der Waals surface area contributed by atoms with Gasteiger partial charge in [-0.2, -0.15) is 0 Å². The average Bonchev–Trinajstić information content (AvgIpc) is 2.63. The summed E-state index contributed by atoms with van der Waals surface area (Å²) < 4.78 is 10.5. The average molecular weight is 265 g/mol. The first kappa shape index (κ1) is 13.3. The molecule has 0 spiro atoms. The number of anilines is 2. The molecular formula is C13H19N3O3. The van der Waals surface area contributed by atoms with Crippen molar-refractivity contribution in [3.8, 4) is 11.5 Å². The summed E-state index contributed by atoms with van der Waals surface area (Å²) in [5.41, 5.74) is 7.42. The third-order valence-corrected chi connectivity index (χ3v) is 3.13. The zero-order valence-electron chi connectivity index (χ0n) is 11.2. The summed E-state index contributed by atoms with van der Waals surface area (Å²) in [5.74, 6) is 1.20. The summed E-state index contributed by atoms with van der Waals surface area (Å²) >= 11 is 0. The zero-order chi connectivity index (χ0) is 13.8. The minimum Gasteiger partial charge on any atom is -0.493 e. The molecule has 2 rings (SSSR count). The molecule has 1 aliphatic rings. The van der Waals surface area contributed by atoms with Crippen LogP contribution in [0, 0.1) is 0 Å². The van der Waals surface area contributed by atoms with Crippen LogP contribution in [0.3, 0.4) is 0 Å². The molecule has 19 heavy (non-hydrogen) atoms. The number of carbonyl (C=O) groups is 1. The molecule has 0 unspecified atom stereocenters. The van der Waals surface area contributed by atoms with E-state index in [1.165, 1.54) is 0 Å². The summed E-state index contributed by atoms with van der Waals surface area (Å²) in [6.45, 7) is 1.78. The molecule has 0 aromatic heterocycles. The Morgan fingerprint density at radius 1 is 1.26 bits per heavy atom. The summed E-state index contributed by atoms with van der Waals surface area (Å²) in [6.07, 6.45) is 0.888. The number of nitrogen functional groups attached to an aromatic ring is 1. The highest BCUT2D eigenvalue weighted by atomic mass is 16.5.